The maximum Gasteiger partial charge on any atom is 0.308 e. The molecule has 2 heterocycles. The van der Waals surface area contributed by atoms with E-state index in [1.165, 1.54) is 12.8 Å². The van der Waals surface area contributed by atoms with Crippen LogP contribution in [0, 0.1) is 0 Å². The number of aromatic nitrogens is 1. The summed E-state index contributed by atoms with van der Waals surface area (Å²) in [4.78, 5) is 18.6. The van der Waals surface area contributed by atoms with Gasteiger partial charge in [0.2, 0.25) is 0 Å². The molecule has 1 saturated heterocycles. The molecule has 0 aliphatic carbocycles. The molecule has 0 saturated carbocycles. The highest BCUT2D eigenvalue weighted by molar-refractivity contribution is 7.15. The van der Waals surface area contributed by atoms with Crippen LogP contribution < -0.4 is 4.90 Å². The molecule has 2 rings (SSSR count). The Kier molecular flexibility index (Phi) is 3.66. The molecule has 1 aromatic heterocycles. The van der Waals surface area contributed by atoms with Gasteiger partial charge < -0.3 is 10.0 Å². The lowest BCUT2D eigenvalue weighted by Crippen LogP contribution is -2.17. The van der Waals surface area contributed by atoms with Crippen LogP contribution in [-0.2, 0) is 11.2 Å². The molecular weight excluding hydrogens is 236 g/mol. The number of carboxylic acid groups (broad SMARTS) is 1. The number of aliphatic carboxylic acids is 1. The summed E-state index contributed by atoms with van der Waals surface area (Å²) in [7, 11) is 0. The summed E-state index contributed by atoms with van der Waals surface area (Å²) in [6.45, 7) is 6.23. The molecule has 4 nitrogen and oxygen atoms in total. The zero-order valence-electron chi connectivity index (χ0n) is 10.3. The zero-order valence-corrected chi connectivity index (χ0v) is 11.1. The first kappa shape index (κ1) is 12.4. The molecule has 1 aliphatic heterocycles. The summed E-state index contributed by atoms with van der Waals surface area (Å²) < 4.78 is 0. The van der Waals surface area contributed by atoms with Crippen LogP contribution in [0.2, 0.25) is 0 Å². The fourth-order valence-electron chi connectivity index (χ4n) is 2.11. The maximum absolute atomic E-state index is 10.8. The number of carboxylic acids is 1. The van der Waals surface area contributed by atoms with Crippen LogP contribution in [0.15, 0.2) is 0 Å². The second-order valence-electron chi connectivity index (χ2n) is 4.72. The van der Waals surface area contributed by atoms with Crippen molar-refractivity contribution in [3.05, 3.63) is 10.6 Å². The average molecular weight is 254 g/mol. The van der Waals surface area contributed by atoms with E-state index < -0.39 is 5.97 Å². The lowest BCUT2D eigenvalue weighted by atomic mass is 10.1. The van der Waals surface area contributed by atoms with Crippen molar-refractivity contribution < 1.29 is 9.90 Å². The Morgan fingerprint density at radius 2 is 2.12 bits per heavy atom. The largest absolute Gasteiger partial charge is 0.481 e. The first-order valence-corrected chi connectivity index (χ1v) is 6.86. The lowest BCUT2D eigenvalue weighted by Gasteiger charge is -2.12. The minimum absolute atomic E-state index is 0.0962. The highest BCUT2D eigenvalue weighted by Crippen LogP contribution is 2.32. The van der Waals surface area contributed by atoms with Crippen LogP contribution in [0.1, 0.15) is 43.2 Å². The van der Waals surface area contributed by atoms with Crippen LogP contribution in [0.5, 0.6) is 0 Å². The van der Waals surface area contributed by atoms with Gasteiger partial charge in [-0.05, 0) is 18.8 Å². The molecule has 5 heteroatoms. The second kappa shape index (κ2) is 5.04. The Labute approximate surface area is 105 Å². The van der Waals surface area contributed by atoms with Crippen molar-refractivity contribution in [3.63, 3.8) is 0 Å². The lowest BCUT2D eigenvalue weighted by molar-refractivity contribution is -0.136. The van der Waals surface area contributed by atoms with Gasteiger partial charge >= 0.3 is 5.97 Å². The van der Waals surface area contributed by atoms with Crippen molar-refractivity contribution in [1.29, 1.82) is 0 Å². The Hall–Kier alpha value is -1.10. The molecule has 0 amide bonds. The van der Waals surface area contributed by atoms with E-state index in [1.807, 2.05) is 0 Å². The molecule has 0 spiro atoms. The van der Waals surface area contributed by atoms with Crippen molar-refractivity contribution in [2.24, 2.45) is 0 Å². The van der Waals surface area contributed by atoms with Crippen molar-refractivity contribution in [3.8, 4) is 0 Å². The number of hydrogen-bond acceptors (Lipinski definition) is 4. The number of thiazole rings is 1. The number of nitrogens with zero attached hydrogens (tertiary/aromatic N) is 2. The molecule has 17 heavy (non-hydrogen) atoms. The van der Waals surface area contributed by atoms with Gasteiger partial charge in [0.25, 0.3) is 0 Å². The molecule has 0 aromatic carbocycles. The summed E-state index contributed by atoms with van der Waals surface area (Å²) >= 11 is 1.55. The van der Waals surface area contributed by atoms with Crippen LogP contribution in [0.4, 0.5) is 5.13 Å². The molecule has 1 fully saturated rings. The van der Waals surface area contributed by atoms with E-state index in [0.717, 1.165) is 28.8 Å². The smallest absolute Gasteiger partial charge is 0.308 e. The number of hydrogen-bond donors (Lipinski definition) is 1. The minimum Gasteiger partial charge on any atom is -0.481 e. The van der Waals surface area contributed by atoms with Crippen molar-refractivity contribution in [1.82, 2.24) is 4.98 Å². The van der Waals surface area contributed by atoms with Gasteiger partial charge in [0, 0.05) is 18.0 Å². The van der Waals surface area contributed by atoms with Crippen molar-refractivity contribution in [2.75, 3.05) is 18.0 Å². The Balaban J connectivity index is 2.26. The average Bonchev–Trinajstić information content (AvgIpc) is 2.82. The third-order valence-corrected chi connectivity index (χ3v) is 4.08. The van der Waals surface area contributed by atoms with E-state index in [1.54, 1.807) is 11.3 Å². The summed E-state index contributed by atoms with van der Waals surface area (Å²) in [6.07, 6.45) is 2.52. The predicted molar refractivity (Wildman–Crippen MR) is 69.0 cm³/mol. The van der Waals surface area contributed by atoms with Gasteiger partial charge in [-0.2, -0.15) is 0 Å². The van der Waals surface area contributed by atoms with Gasteiger partial charge in [0.15, 0.2) is 5.13 Å². The first-order valence-electron chi connectivity index (χ1n) is 6.04. The van der Waals surface area contributed by atoms with Crippen molar-refractivity contribution >= 4 is 22.4 Å². The van der Waals surface area contributed by atoms with E-state index in [9.17, 15) is 4.79 Å². The number of rotatable bonds is 4. The van der Waals surface area contributed by atoms with Gasteiger partial charge in [-0.1, -0.05) is 13.8 Å². The molecule has 0 radical (unpaired) electrons. The molecule has 1 aliphatic rings. The van der Waals surface area contributed by atoms with Gasteiger partial charge in [0.05, 0.1) is 12.1 Å². The molecule has 0 bridgehead atoms. The second-order valence-corrected chi connectivity index (χ2v) is 5.79. The van der Waals surface area contributed by atoms with Crippen LogP contribution in [-0.4, -0.2) is 29.1 Å². The van der Waals surface area contributed by atoms with Gasteiger partial charge in [0.1, 0.15) is 0 Å². The Morgan fingerprint density at radius 3 is 2.65 bits per heavy atom. The summed E-state index contributed by atoms with van der Waals surface area (Å²) in [6, 6.07) is 0. The monoisotopic (exact) mass is 254 g/mol. The minimum atomic E-state index is -0.775. The molecular formula is C12H18N2O2S. The summed E-state index contributed by atoms with van der Waals surface area (Å²) in [5, 5.41) is 9.92. The zero-order chi connectivity index (χ0) is 12.4. The third kappa shape index (κ3) is 2.77. The SMILES string of the molecule is CC(C)c1nc(N2CCCC2)sc1CC(=O)O. The standard InChI is InChI=1S/C12H18N2O2S/c1-8(2)11-9(7-10(15)16)17-12(13-11)14-5-3-4-6-14/h8H,3-7H2,1-2H3,(H,15,16). The van der Waals surface area contributed by atoms with Gasteiger partial charge in [-0.3, -0.25) is 4.79 Å². The van der Waals surface area contributed by atoms with Gasteiger partial charge in [-0.25, -0.2) is 4.98 Å². The molecule has 94 valence electrons. The van der Waals surface area contributed by atoms with E-state index in [2.05, 4.69) is 23.7 Å². The fourth-order valence-corrected chi connectivity index (χ4v) is 3.37. The van der Waals surface area contributed by atoms with Crippen molar-refractivity contribution in [2.45, 2.75) is 39.0 Å². The maximum atomic E-state index is 10.8. The molecule has 0 unspecified atom stereocenters. The van der Waals surface area contributed by atoms with E-state index in [4.69, 9.17) is 5.11 Å². The van der Waals surface area contributed by atoms with E-state index in [-0.39, 0.29) is 12.3 Å². The summed E-state index contributed by atoms with van der Waals surface area (Å²) in [5.41, 5.74) is 0.958. The van der Waals surface area contributed by atoms with E-state index >= 15 is 0 Å². The highest BCUT2D eigenvalue weighted by Gasteiger charge is 2.21. The summed E-state index contributed by atoms with van der Waals surface area (Å²) in [5.74, 6) is -0.486. The Bertz CT molecular complexity index is 409. The van der Waals surface area contributed by atoms with Crippen LogP contribution in [0.3, 0.4) is 0 Å². The predicted octanol–water partition coefficient (Wildman–Crippen LogP) is 2.49. The highest BCUT2D eigenvalue weighted by atomic mass is 32.1. The van der Waals surface area contributed by atoms with Gasteiger partial charge in [-0.15, -0.1) is 11.3 Å². The fraction of sp³-hybridized carbons (Fsp3) is 0.667. The number of carbonyl (C=O) groups is 1. The van der Waals surface area contributed by atoms with Crippen LogP contribution >= 0.6 is 11.3 Å². The molecule has 1 N–H and O–H groups in total. The number of anilines is 1. The molecule has 1 aromatic rings. The Morgan fingerprint density at radius 1 is 1.47 bits per heavy atom. The van der Waals surface area contributed by atoms with E-state index in [0.29, 0.717) is 0 Å². The van der Waals surface area contributed by atoms with Crippen LogP contribution in [0.25, 0.3) is 0 Å². The normalized spacial score (nSPS) is 15.8. The quantitative estimate of drug-likeness (QED) is 0.897. The topological polar surface area (TPSA) is 53.4 Å². The first-order chi connectivity index (χ1) is 8.08. The third-order valence-electron chi connectivity index (χ3n) is 2.95. The molecule has 0 atom stereocenters.